The molecule has 1 aliphatic heterocycles. The lowest BCUT2D eigenvalue weighted by atomic mass is 10.0. The maximum Gasteiger partial charge on any atom is 0.254 e. The van der Waals surface area contributed by atoms with Gasteiger partial charge in [-0.15, -0.1) is 0 Å². The van der Waals surface area contributed by atoms with Crippen LogP contribution in [0.15, 0.2) is 48.7 Å². The minimum atomic E-state index is 0.0405. The number of hydrogen-bond donors (Lipinski definition) is 0. The van der Waals surface area contributed by atoms with E-state index in [0.717, 1.165) is 40.3 Å². The molecule has 28 heavy (non-hydrogen) atoms. The summed E-state index contributed by atoms with van der Waals surface area (Å²) in [6.07, 6.45) is 2.48. The fourth-order valence-corrected chi connectivity index (χ4v) is 3.52. The van der Waals surface area contributed by atoms with Crippen molar-refractivity contribution < 1.29 is 4.79 Å². The summed E-state index contributed by atoms with van der Waals surface area (Å²) in [4.78, 5) is 30.8. The molecule has 1 aromatic carbocycles. The van der Waals surface area contributed by atoms with Gasteiger partial charge in [0, 0.05) is 38.0 Å². The van der Waals surface area contributed by atoms with Gasteiger partial charge in [0.1, 0.15) is 11.5 Å². The van der Waals surface area contributed by atoms with Gasteiger partial charge >= 0.3 is 0 Å². The molecule has 6 nitrogen and oxygen atoms in total. The monoisotopic (exact) mass is 373 g/mol. The molecule has 0 fully saturated rings. The third-order valence-electron chi connectivity index (χ3n) is 4.91. The van der Waals surface area contributed by atoms with Crippen LogP contribution < -0.4 is 4.90 Å². The Bertz CT molecular complexity index is 1020. The Hall–Kier alpha value is -3.28. The molecule has 0 unspecified atom stereocenters. The Labute approximate surface area is 164 Å². The summed E-state index contributed by atoms with van der Waals surface area (Å²) >= 11 is 0. The maximum absolute atomic E-state index is 13.0. The van der Waals surface area contributed by atoms with E-state index in [1.165, 1.54) is 0 Å². The zero-order valence-corrected chi connectivity index (χ0v) is 16.4. The van der Waals surface area contributed by atoms with E-state index in [9.17, 15) is 4.79 Å². The first-order valence-corrected chi connectivity index (χ1v) is 9.37. The number of benzene rings is 1. The van der Waals surface area contributed by atoms with E-state index in [0.29, 0.717) is 18.9 Å². The van der Waals surface area contributed by atoms with Crippen LogP contribution in [0.1, 0.15) is 27.2 Å². The molecule has 3 aromatic rings. The van der Waals surface area contributed by atoms with Gasteiger partial charge < -0.3 is 9.80 Å². The summed E-state index contributed by atoms with van der Waals surface area (Å²) in [5.74, 6) is 1.53. The van der Waals surface area contributed by atoms with Gasteiger partial charge in [-0.3, -0.25) is 9.78 Å². The van der Waals surface area contributed by atoms with Crippen molar-refractivity contribution in [2.45, 2.75) is 19.9 Å². The molecule has 1 aliphatic rings. The quantitative estimate of drug-likeness (QED) is 0.706. The van der Waals surface area contributed by atoms with Gasteiger partial charge in [0.25, 0.3) is 5.91 Å². The van der Waals surface area contributed by atoms with Crippen molar-refractivity contribution in [3.8, 4) is 11.5 Å². The van der Waals surface area contributed by atoms with E-state index >= 15 is 0 Å². The molecule has 0 N–H and O–H groups in total. The molecule has 3 heterocycles. The van der Waals surface area contributed by atoms with Crippen molar-refractivity contribution in [2.75, 3.05) is 25.5 Å². The van der Waals surface area contributed by atoms with E-state index in [1.54, 1.807) is 6.20 Å². The number of pyridine rings is 1. The molecule has 0 atom stereocenters. The molecule has 0 saturated heterocycles. The molecule has 0 radical (unpaired) electrons. The second kappa shape index (κ2) is 7.38. The summed E-state index contributed by atoms with van der Waals surface area (Å²) in [7, 11) is 3.96. The molecule has 4 rings (SSSR count). The molecule has 142 valence electrons. The Morgan fingerprint density at radius 3 is 2.68 bits per heavy atom. The Morgan fingerprint density at radius 2 is 1.96 bits per heavy atom. The topological polar surface area (TPSA) is 62.2 Å². The first kappa shape index (κ1) is 18.1. The number of fused-ring (bicyclic) bond motifs is 1. The normalized spacial score (nSPS) is 13.2. The SMILES string of the molecule is Cc1cccc(C(=O)N2CCc3c(nc(-c4ccccn4)nc3N(C)C)C2)c1. The van der Waals surface area contributed by atoms with Crippen molar-refractivity contribution in [3.05, 3.63) is 71.0 Å². The van der Waals surface area contributed by atoms with Gasteiger partial charge in [0.2, 0.25) is 0 Å². The molecule has 6 heteroatoms. The lowest BCUT2D eigenvalue weighted by molar-refractivity contribution is 0.0732. The second-order valence-electron chi connectivity index (χ2n) is 7.25. The highest BCUT2D eigenvalue weighted by atomic mass is 16.2. The molecular formula is C22H23N5O. The molecule has 0 spiro atoms. The zero-order chi connectivity index (χ0) is 19.7. The predicted molar refractivity (Wildman–Crippen MR) is 109 cm³/mol. The smallest absolute Gasteiger partial charge is 0.254 e. The molecule has 0 bridgehead atoms. The van der Waals surface area contributed by atoms with E-state index in [2.05, 4.69) is 4.98 Å². The number of carbonyl (C=O) groups excluding carboxylic acids is 1. The number of aryl methyl sites for hydroxylation is 1. The van der Waals surface area contributed by atoms with Crippen LogP contribution in [0.5, 0.6) is 0 Å². The average molecular weight is 373 g/mol. The van der Waals surface area contributed by atoms with E-state index in [-0.39, 0.29) is 5.91 Å². The lowest BCUT2D eigenvalue weighted by Gasteiger charge is -2.30. The number of rotatable bonds is 3. The van der Waals surface area contributed by atoms with Crippen molar-refractivity contribution in [1.82, 2.24) is 19.9 Å². The molecule has 1 amide bonds. The van der Waals surface area contributed by atoms with E-state index < -0.39 is 0 Å². The average Bonchev–Trinajstić information content (AvgIpc) is 2.72. The molecule has 2 aromatic heterocycles. The highest BCUT2D eigenvalue weighted by Gasteiger charge is 2.27. The second-order valence-corrected chi connectivity index (χ2v) is 7.25. The highest BCUT2D eigenvalue weighted by molar-refractivity contribution is 5.94. The Kier molecular flexibility index (Phi) is 4.77. The van der Waals surface area contributed by atoms with Crippen LogP contribution in [-0.2, 0) is 13.0 Å². The molecule has 0 saturated carbocycles. The summed E-state index contributed by atoms with van der Waals surface area (Å²) in [5, 5.41) is 0. The van der Waals surface area contributed by atoms with Gasteiger partial charge in [0.15, 0.2) is 5.82 Å². The molecule has 0 aliphatic carbocycles. The van der Waals surface area contributed by atoms with Gasteiger partial charge in [0.05, 0.1) is 12.2 Å². The third kappa shape index (κ3) is 3.45. The van der Waals surface area contributed by atoms with Gasteiger partial charge in [-0.1, -0.05) is 23.8 Å². The van der Waals surface area contributed by atoms with Crippen LogP contribution in [0.25, 0.3) is 11.5 Å². The van der Waals surface area contributed by atoms with Crippen molar-refractivity contribution in [1.29, 1.82) is 0 Å². The van der Waals surface area contributed by atoms with Crippen molar-refractivity contribution >= 4 is 11.7 Å². The third-order valence-corrected chi connectivity index (χ3v) is 4.91. The summed E-state index contributed by atoms with van der Waals surface area (Å²) in [6, 6.07) is 13.4. The minimum absolute atomic E-state index is 0.0405. The number of hydrogen-bond acceptors (Lipinski definition) is 5. The lowest BCUT2D eigenvalue weighted by Crippen LogP contribution is -2.37. The number of aromatic nitrogens is 3. The van der Waals surface area contributed by atoms with Crippen molar-refractivity contribution in [3.63, 3.8) is 0 Å². The maximum atomic E-state index is 13.0. The first-order valence-electron chi connectivity index (χ1n) is 9.37. The van der Waals surface area contributed by atoms with Crippen LogP contribution in [0.4, 0.5) is 5.82 Å². The Morgan fingerprint density at radius 1 is 1.11 bits per heavy atom. The van der Waals surface area contributed by atoms with Crippen molar-refractivity contribution in [2.24, 2.45) is 0 Å². The van der Waals surface area contributed by atoms with Crippen LogP contribution in [-0.4, -0.2) is 46.4 Å². The summed E-state index contributed by atoms with van der Waals surface area (Å²) in [6.45, 7) is 3.14. The number of amides is 1. The summed E-state index contributed by atoms with van der Waals surface area (Å²) in [5.41, 5.74) is 4.54. The predicted octanol–water partition coefficient (Wildman–Crippen LogP) is 3.11. The Balaban J connectivity index is 1.71. The van der Waals surface area contributed by atoms with Gasteiger partial charge in [-0.25, -0.2) is 9.97 Å². The fraction of sp³-hybridized carbons (Fsp3) is 0.273. The van der Waals surface area contributed by atoms with Gasteiger partial charge in [-0.05, 0) is 37.6 Å². The minimum Gasteiger partial charge on any atom is -0.362 e. The van der Waals surface area contributed by atoms with Crippen LogP contribution in [0, 0.1) is 6.92 Å². The largest absolute Gasteiger partial charge is 0.362 e. The first-order chi connectivity index (χ1) is 13.5. The van der Waals surface area contributed by atoms with Crippen LogP contribution in [0.3, 0.4) is 0 Å². The van der Waals surface area contributed by atoms with Gasteiger partial charge in [-0.2, -0.15) is 0 Å². The summed E-state index contributed by atoms with van der Waals surface area (Å²) < 4.78 is 0. The number of anilines is 1. The van der Waals surface area contributed by atoms with E-state index in [4.69, 9.17) is 9.97 Å². The van der Waals surface area contributed by atoms with Crippen LogP contribution in [0.2, 0.25) is 0 Å². The zero-order valence-electron chi connectivity index (χ0n) is 16.4. The molecular weight excluding hydrogens is 350 g/mol. The van der Waals surface area contributed by atoms with Crippen LogP contribution >= 0.6 is 0 Å². The highest BCUT2D eigenvalue weighted by Crippen LogP contribution is 2.28. The standard InChI is InChI=1S/C22H23N5O/c1-15-7-6-8-16(13-15)22(28)27-12-10-17-19(14-27)24-20(25-21(17)26(2)3)18-9-4-5-11-23-18/h4-9,11,13H,10,12,14H2,1-3H3. The fourth-order valence-electron chi connectivity index (χ4n) is 3.52. The number of carbonyl (C=O) groups is 1. The number of nitrogens with zero attached hydrogens (tertiary/aromatic N) is 5. The van der Waals surface area contributed by atoms with E-state index in [1.807, 2.05) is 73.3 Å².